The third kappa shape index (κ3) is 1.43. The summed E-state index contributed by atoms with van der Waals surface area (Å²) >= 11 is 0. The van der Waals surface area contributed by atoms with Crippen molar-refractivity contribution in [3.8, 4) is 5.75 Å². The van der Waals surface area contributed by atoms with Crippen LogP contribution < -0.4 is 4.74 Å². The number of Topliss-reactive ketones (excluding diaryl/α,β-unsaturated/α-hetero) is 1. The van der Waals surface area contributed by atoms with E-state index in [0.29, 0.717) is 11.3 Å². The third-order valence-corrected chi connectivity index (χ3v) is 3.85. The minimum absolute atomic E-state index is 0.0388. The highest BCUT2D eigenvalue weighted by atomic mass is 16.5. The molecule has 0 fully saturated rings. The number of para-hydroxylation sites is 2. The predicted octanol–water partition coefficient (Wildman–Crippen LogP) is 3.49. The Labute approximate surface area is 116 Å². The van der Waals surface area contributed by atoms with Gasteiger partial charge in [0.2, 0.25) is 5.78 Å². The second-order valence-electron chi connectivity index (χ2n) is 5.07. The second-order valence-corrected chi connectivity index (χ2v) is 5.07. The van der Waals surface area contributed by atoms with E-state index in [0.717, 1.165) is 16.5 Å². The van der Waals surface area contributed by atoms with E-state index in [1.807, 2.05) is 66.3 Å². The molecule has 1 aliphatic rings. The number of carbonyl (C=O) groups excluding carboxylic acids is 1. The first kappa shape index (κ1) is 11.3. The van der Waals surface area contributed by atoms with Crippen molar-refractivity contribution in [3.63, 3.8) is 0 Å². The molecule has 1 aliphatic heterocycles. The summed E-state index contributed by atoms with van der Waals surface area (Å²) in [5, 5.41) is 1.07. The van der Waals surface area contributed by atoms with Crippen LogP contribution in [0.3, 0.4) is 0 Å². The van der Waals surface area contributed by atoms with Gasteiger partial charge >= 0.3 is 0 Å². The van der Waals surface area contributed by atoms with Gasteiger partial charge < -0.3 is 9.30 Å². The second kappa shape index (κ2) is 3.97. The molecule has 2 heterocycles. The first-order valence-corrected chi connectivity index (χ1v) is 6.59. The molecule has 3 heteroatoms. The van der Waals surface area contributed by atoms with E-state index in [1.54, 1.807) is 0 Å². The topological polar surface area (TPSA) is 31.2 Å². The summed E-state index contributed by atoms with van der Waals surface area (Å²) in [6, 6.07) is 15.5. The average Bonchev–Trinajstić information content (AvgIpc) is 2.99. The summed E-state index contributed by atoms with van der Waals surface area (Å²) in [7, 11) is 1.98. The van der Waals surface area contributed by atoms with Gasteiger partial charge in [-0.15, -0.1) is 0 Å². The Balaban J connectivity index is 1.88. The highest BCUT2D eigenvalue weighted by molar-refractivity contribution is 6.06. The van der Waals surface area contributed by atoms with Gasteiger partial charge in [0, 0.05) is 29.7 Å². The maximum absolute atomic E-state index is 12.5. The number of aromatic nitrogens is 1. The maximum atomic E-state index is 12.5. The van der Waals surface area contributed by atoms with E-state index < -0.39 is 6.10 Å². The molecule has 20 heavy (non-hydrogen) atoms. The van der Waals surface area contributed by atoms with Crippen LogP contribution in [-0.4, -0.2) is 10.4 Å². The number of aryl methyl sites for hydroxylation is 1. The van der Waals surface area contributed by atoms with Crippen LogP contribution in [0.5, 0.6) is 5.75 Å². The standard InChI is InChI=1S/C17H13NO2/c1-18-10-13(11-6-2-4-8-14(11)18)17-16(19)12-7-3-5-9-15(12)20-17/h2-10,17H,1H3. The smallest absolute Gasteiger partial charge is 0.211 e. The van der Waals surface area contributed by atoms with E-state index in [9.17, 15) is 4.79 Å². The minimum atomic E-state index is -0.529. The van der Waals surface area contributed by atoms with Crippen molar-refractivity contribution in [1.82, 2.24) is 4.57 Å². The van der Waals surface area contributed by atoms with Crippen LogP contribution in [-0.2, 0) is 7.05 Å². The molecule has 2 aromatic carbocycles. The fourth-order valence-electron chi connectivity index (χ4n) is 2.88. The Hall–Kier alpha value is -2.55. The fraction of sp³-hybridized carbons (Fsp3) is 0.118. The maximum Gasteiger partial charge on any atom is 0.211 e. The molecular formula is C17H13NO2. The SMILES string of the molecule is Cn1cc(C2Oc3ccccc3C2=O)c2ccccc21. The minimum Gasteiger partial charge on any atom is -0.477 e. The predicted molar refractivity (Wildman–Crippen MR) is 77.1 cm³/mol. The lowest BCUT2D eigenvalue weighted by Gasteiger charge is -2.08. The van der Waals surface area contributed by atoms with Crippen LogP contribution in [0, 0.1) is 0 Å². The zero-order chi connectivity index (χ0) is 13.7. The summed E-state index contributed by atoms with van der Waals surface area (Å²) in [6.45, 7) is 0. The van der Waals surface area contributed by atoms with E-state index >= 15 is 0 Å². The van der Waals surface area contributed by atoms with E-state index in [4.69, 9.17) is 4.74 Å². The molecule has 1 atom stereocenters. The highest BCUT2D eigenvalue weighted by Gasteiger charge is 2.35. The molecule has 0 bridgehead atoms. The Morgan fingerprint density at radius 2 is 1.80 bits per heavy atom. The van der Waals surface area contributed by atoms with Crippen molar-refractivity contribution in [2.75, 3.05) is 0 Å². The molecule has 0 saturated carbocycles. The van der Waals surface area contributed by atoms with Gasteiger partial charge in [0.1, 0.15) is 5.75 Å². The van der Waals surface area contributed by atoms with Gasteiger partial charge in [0.15, 0.2) is 6.10 Å². The molecule has 0 radical (unpaired) electrons. The molecule has 0 spiro atoms. The zero-order valence-corrected chi connectivity index (χ0v) is 11.0. The molecule has 0 saturated heterocycles. The highest BCUT2D eigenvalue weighted by Crippen LogP contribution is 2.39. The first-order chi connectivity index (χ1) is 9.75. The van der Waals surface area contributed by atoms with E-state index in [2.05, 4.69) is 0 Å². The summed E-state index contributed by atoms with van der Waals surface area (Å²) in [4.78, 5) is 12.5. The molecule has 0 aliphatic carbocycles. The Kier molecular flexibility index (Phi) is 2.24. The number of nitrogens with zero attached hydrogens (tertiary/aromatic N) is 1. The molecule has 1 aromatic heterocycles. The lowest BCUT2D eigenvalue weighted by atomic mass is 10.0. The van der Waals surface area contributed by atoms with Crippen molar-refractivity contribution in [3.05, 3.63) is 65.9 Å². The molecule has 0 amide bonds. The molecule has 4 rings (SSSR count). The summed E-state index contributed by atoms with van der Waals surface area (Å²) in [5.41, 5.74) is 2.71. The van der Waals surface area contributed by atoms with Crippen LogP contribution in [0.4, 0.5) is 0 Å². The molecule has 98 valence electrons. The summed E-state index contributed by atoms with van der Waals surface area (Å²) in [6.07, 6.45) is 1.46. The van der Waals surface area contributed by atoms with Crippen molar-refractivity contribution in [1.29, 1.82) is 0 Å². The lowest BCUT2D eigenvalue weighted by Crippen LogP contribution is -2.10. The van der Waals surface area contributed by atoms with E-state index in [-0.39, 0.29) is 5.78 Å². The van der Waals surface area contributed by atoms with Crippen molar-refractivity contribution in [2.24, 2.45) is 7.05 Å². The Morgan fingerprint density at radius 1 is 1.05 bits per heavy atom. The molecule has 1 unspecified atom stereocenters. The third-order valence-electron chi connectivity index (χ3n) is 3.85. The van der Waals surface area contributed by atoms with Gasteiger partial charge in [-0.2, -0.15) is 0 Å². The fourth-order valence-corrected chi connectivity index (χ4v) is 2.88. The number of hydrogen-bond acceptors (Lipinski definition) is 2. The van der Waals surface area contributed by atoms with Gasteiger partial charge in [-0.25, -0.2) is 0 Å². The van der Waals surface area contributed by atoms with Gasteiger partial charge in [-0.3, -0.25) is 4.79 Å². The molecule has 3 aromatic rings. The molecule has 0 N–H and O–H groups in total. The first-order valence-electron chi connectivity index (χ1n) is 6.59. The quantitative estimate of drug-likeness (QED) is 0.673. The van der Waals surface area contributed by atoms with Gasteiger partial charge in [-0.05, 0) is 18.2 Å². The number of hydrogen-bond donors (Lipinski definition) is 0. The summed E-state index contributed by atoms with van der Waals surface area (Å²) < 4.78 is 7.90. The number of rotatable bonds is 1. The number of carbonyl (C=O) groups is 1. The Bertz CT molecular complexity index is 832. The van der Waals surface area contributed by atoms with Gasteiger partial charge in [-0.1, -0.05) is 30.3 Å². The lowest BCUT2D eigenvalue weighted by molar-refractivity contribution is 0.0859. The average molecular weight is 263 g/mol. The summed E-state index contributed by atoms with van der Waals surface area (Å²) in [5.74, 6) is 0.715. The normalized spacial score (nSPS) is 17.2. The van der Waals surface area contributed by atoms with Crippen LogP contribution >= 0.6 is 0 Å². The van der Waals surface area contributed by atoms with Crippen LogP contribution in [0.25, 0.3) is 10.9 Å². The van der Waals surface area contributed by atoms with Crippen LogP contribution in [0.15, 0.2) is 54.7 Å². The van der Waals surface area contributed by atoms with Gasteiger partial charge in [0.25, 0.3) is 0 Å². The largest absolute Gasteiger partial charge is 0.477 e. The Morgan fingerprint density at radius 3 is 2.65 bits per heavy atom. The number of ether oxygens (including phenoxy) is 1. The van der Waals surface area contributed by atoms with Gasteiger partial charge in [0.05, 0.1) is 5.56 Å². The number of benzene rings is 2. The van der Waals surface area contributed by atoms with E-state index in [1.165, 1.54) is 0 Å². The van der Waals surface area contributed by atoms with Crippen molar-refractivity contribution >= 4 is 16.7 Å². The van der Waals surface area contributed by atoms with Crippen LogP contribution in [0.1, 0.15) is 22.0 Å². The molecular weight excluding hydrogens is 250 g/mol. The molecule has 3 nitrogen and oxygen atoms in total. The number of fused-ring (bicyclic) bond motifs is 2. The van der Waals surface area contributed by atoms with Crippen molar-refractivity contribution < 1.29 is 9.53 Å². The number of ketones is 1. The monoisotopic (exact) mass is 263 g/mol. The van der Waals surface area contributed by atoms with Crippen molar-refractivity contribution in [2.45, 2.75) is 6.10 Å². The zero-order valence-electron chi connectivity index (χ0n) is 11.0. The van der Waals surface area contributed by atoms with Crippen LogP contribution in [0.2, 0.25) is 0 Å².